The fraction of sp³-hybridized carbons (Fsp3) is 0.200. The molecule has 0 saturated heterocycles. The number of nitrogens with one attached hydrogen (secondary N) is 2. The minimum Gasteiger partial charge on any atom is -0.494 e. The number of aromatic amines is 1. The Morgan fingerprint density at radius 1 is 1.30 bits per heavy atom. The highest BCUT2D eigenvalue weighted by molar-refractivity contribution is 7.99. The smallest absolute Gasteiger partial charge is 0.269 e. The predicted molar refractivity (Wildman–Crippen MR) is 112 cm³/mol. The molecule has 3 aromatic heterocycles. The summed E-state index contributed by atoms with van der Waals surface area (Å²) in [6, 6.07) is 10.7. The molecule has 0 bridgehead atoms. The normalized spacial score (nSPS) is 11.0. The number of rotatable bonds is 8. The van der Waals surface area contributed by atoms with E-state index in [1.54, 1.807) is 42.7 Å². The average Bonchev–Trinajstić information content (AvgIpc) is 3.44. The number of aromatic nitrogens is 4. The van der Waals surface area contributed by atoms with E-state index >= 15 is 0 Å². The molecule has 2 N–H and O–H groups in total. The lowest BCUT2D eigenvalue weighted by Gasteiger charge is -2.12. The standard InChI is InChI=1S/C20H19N5O4S/c1-2-28-14-7-5-13(6-8-14)25-19(27)16-11-22-24-18(16)23-20(25)30-12-17(26)21-10-15-4-3-9-29-15/h3-9,11H,2,10,12H2,1H3,(H,21,26)(H,22,24). The highest BCUT2D eigenvalue weighted by Crippen LogP contribution is 2.22. The zero-order valence-corrected chi connectivity index (χ0v) is 16.9. The second-order valence-corrected chi connectivity index (χ2v) is 7.18. The van der Waals surface area contributed by atoms with Crippen LogP contribution in [-0.4, -0.2) is 38.0 Å². The van der Waals surface area contributed by atoms with Crippen LogP contribution >= 0.6 is 11.8 Å². The number of benzene rings is 1. The first-order valence-electron chi connectivity index (χ1n) is 9.27. The van der Waals surface area contributed by atoms with Crippen LogP contribution in [0.1, 0.15) is 12.7 Å². The summed E-state index contributed by atoms with van der Waals surface area (Å²) in [6.07, 6.45) is 3.00. The summed E-state index contributed by atoms with van der Waals surface area (Å²) >= 11 is 1.16. The molecule has 1 amide bonds. The monoisotopic (exact) mass is 425 g/mol. The van der Waals surface area contributed by atoms with Crippen LogP contribution in [0.3, 0.4) is 0 Å². The van der Waals surface area contributed by atoms with E-state index < -0.39 is 0 Å². The summed E-state index contributed by atoms with van der Waals surface area (Å²) in [5.41, 5.74) is 0.731. The number of carbonyl (C=O) groups excluding carboxylic acids is 1. The van der Waals surface area contributed by atoms with Crippen molar-refractivity contribution in [1.82, 2.24) is 25.1 Å². The molecule has 4 rings (SSSR count). The van der Waals surface area contributed by atoms with Gasteiger partial charge < -0.3 is 14.5 Å². The van der Waals surface area contributed by atoms with E-state index in [0.717, 1.165) is 11.8 Å². The zero-order chi connectivity index (χ0) is 20.9. The molecule has 0 atom stereocenters. The lowest BCUT2D eigenvalue weighted by Crippen LogP contribution is -2.26. The molecule has 0 fully saturated rings. The third kappa shape index (κ3) is 4.23. The van der Waals surface area contributed by atoms with Gasteiger partial charge in [-0.05, 0) is 43.3 Å². The first-order valence-corrected chi connectivity index (χ1v) is 10.3. The Morgan fingerprint density at radius 3 is 2.87 bits per heavy atom. The molecule has 0 saturated carbocycles. The molecular formula is C20H19N5O4S. The van der Waals surface area contributed by atoms with Crippen LogP contribution in [0, 0.1) is 0 Å². The lowest BCUT2D eigenvalue weighted by molar-refractivity contribution is -0.118. The van der Waals surface area contributed by atoms with Crippen molar-refractivity contribution in [2.75, 3.05) is 12.4 Å². The minimum atomic E-state index is -0.267. The molecule has 0 aliphatic carbocycles. The highest BCUT2D eigenvalue weighted by atomic mass is 32.2. The Kier molecular flexibility index (Phi) is 5.84. The van der Waals surface area contributed by atoms with Gasteiger partial charge >= 0.3 is 0 Å². The quantitative estimate of drug-likeness (QED) is 0.329. The summed E-state index contributed by atoms with van der Waals surface area (Å²) in [7, 11) is 0. The number of ether oxygens (including phenoxy) is 1. The molecule has 154 valence electrons. The molecule has 0 aliphatic heterocycles. The number of furan rings is 1. The van der Waals surface area contributed by atoms with Gasteiger partial charge in [-0.25, -0.2) is 4.98 Å². The summed E-state index contributed by atoms with van der Waals surface area (Å²) < 4.78 is 12.1. The van der Waals surface area contributed by atoms with Gasteiger partial charge in [-0.3, -0.25) is 19.3 Å². The van der Waals surface area contributed by atoms with Crippen molar-refractivity contribution < 1.29 is 13.9 Å². The largest absolute Gasteiger partial charge is 0.494 e. The maximum absolute atomic E-state index is 13.1. The van der Waals surface area contributed by atoms with Gasteiger partial charge in [0, 0.05) is 0 Å². The summed E-state index contributed by atoms with van der Waals surface area (Å²) in [4.78, 5) is 29.8. The van der Waals surface area contributed by atoms with Gasteiger partial charge in [0.15, 0.2) is 10.8 Å². The third-order valence-corrected chi connectivity index (χ3v) is 5.17. The van der Waals surface area contributed by atoms with Gasteiger partial charge in [-0.15, -0.1) is 0 Å². The van der Waals surface area contributed by atoms with Crippen LogP contribution in [0.15, 0.2) is 63.2 Å². The fourth-order valence-corrected chi connectivity index (χ4v) is 3.67. The van der Waals surface area contributed by atoms with Crippen LogP contribution < -0.4 is 15.6 Å². The Hall–Kier alpha value is -3.53. The van der Waals surface area contributed by atoms with Crippen molar-refractivity contribution in [3.05, 3.63) is 65.0 Å². The average molecular weight is 425 g/mol. The molecule has 30 heavy (non-hydrogen) atoms. The van der Waals surface area contributed by atoms with E-state index in [0.29, 0.717) is 46.5 Å². The van der Waals surface area contributed by atoms with Gasteiger partial charge in [-0.2, -0.15) is 5.10 Å². The molecule has 3 heterocycles. The molecule has 9 nitrogen and oxygen atoms in total. The summed E-state index contributed by atoms with van der Waals surface area (Å²) in [5.74, 6) is 1.26. The van der Waals surface area contributed by atoms with Crippen molar-refractivity contribution in [3.8, 4) is 11.4 Å². The van der Waals surface area contributed by atoms with Gasteiger partial charge in [0.2, 0.25) is 5.91 Å². The van der Waals surface area contributed by atoms with Crippen molar-refractivity contribution in [2.24, 2.45) is 0 Å². The molecule has 0 radical (unpaired) electrons. The van der Waals surface area contributed by atoms with E-state index in [2.05, 4.69) is 20.5 Å². The van der Waals surface area contributed by atoms with Crippen LogP contribution in [0.5, 0.6) is 5.75 Å². The van der Waals surface area contributed by atoms with Crippen molar-refractivity contribution in [2.45, 2.75) is 18.6 Å². The van der Waals surface area contributed by atoms with Crippen molar-refractivity contribution >= 4 is 28.7 Å². The van der Waals surface area contributed by atoms with Crippen LogP contribution in [0.4, 0.5) is 0 Å². The van der Waals surface area contributed by atoms with Crippen molar-refractivity contribution in [3.63, 3.8) is 0 Å². The number of fused-ring (bicyclic) bond motifs is 1. The van der Waals surface area contributed by atoms with Gasteiger partial charge in [0.25, 0.3) is 5.56 Å². The first kappa shape index (κ1) is 19.8. The summed E-state index contributed by atoms with van der Waals surface area (Å²) in [6.45, 7) is 2.75. The van der Waals surface area contributed by atoms with Crippen LogP contribution in [-0.2, 0) is 11.3 Å². The maximum Gasteiger partial charge on any atom is 0.269 e. The number of thioether (sulfide) groups is 1. The molecular weight excluding hydrogens is 406 g/mol. The van der Waals surface area contributed by atoms with Gasteiger partial charge in [-0.1, -0.05) is 11.8 Å². The number of carbonyl (C=O) groups is 1. The van der Waals surface area contributed by atoms with E-state index in [-0.39, 0.29) is 17.2 Å². The number of amides is 1. The number of nitrogens with zero attached hydrogens (tertiary/aromatic N) is 3. The minimum absolute atomic E-state index is 0.0871. The third-order valence-electron chi connectivity index (χ3n) is 4.23. The fourth-order valence-electron chi connectivity index (χ4n) is 2.84. The second-order valence-electron chi connectivity index (χ2n) is 6.24. The molecule has 4 aromatic rings. The maximum atomic E-state index is 13.1. The molecule has 10 heteroatoms. The molecule has 1 aromatic carbocycles. The molecule has 0 spiro atoms. The topological polar surface area (TPSA) is 115 Å². The van der Waals surface area contributed by atoms with E-state index in [1.165, 1.54) is 10.8 Å². The van der Waals surface area contributed by atoms with Crippen molar-refractivity contribution in [1.29, 1.82) is 0 Å². The summed E-state index contributed by atoms with van der Waals surface area (Å²) in [5, 5.41) is 10.2. The Bertz CT molecular complexity index is 1200. The number of hydrogen-bond acceptors (Lipinski definition) is 7. The second kappa shape index (κ2) is 8.87. The van der Waals surface area contributed by atoms with Gasteiger partial charge in [0.1, 0.15) is 16.9 Å². The molecule has 0 aliphatic rings. The van der Waals surface area contributed by atoms with Crippen LogP contribution in [0.2, 0.25) is 0 Å². The van der Waals surface area contributed by atoms with E-state index in [4.69, 9.17) is 9.15 Å². The first-order chi connectivity index (χ1) is 14.7. The van der Waals surface area contributed by atoms with E-state index in [1.807, 2.05) is 6.92 Å². The lowest BCUT2D eigenvalue weighted by atomic mass is 10.3. The Morgan fingerprint density at radius 2 is 2.13 bits per heavy atom. The Labute approximate surface area is 175 Å². The van der Waals surface area contributed by atoms with Gasteiger partial charge in [0.05, 0.1) is 37.1 Å². The Balaban J connectivity index is 1.59. The number of hydrogen-bond donors (Lipinski definition) is 2. The SMILES string of the molecule is CCOc1ccc(-n2c(SCC(=O)NCc3ccco3)nc3[nH]ncc3c2=O)cc1. The van der Waals surface area contributed by atoms with E-state index in [9.17, 15) is 9.59 Å². The predicted octanol–water partition coefficient (Wildman–Crippen LogP) is 2.51. The molecule has 0 unspecified atom stereocenters. The highest BCUT2D eigenvalue weighted by Gasteiger charge is 2.16. The van der Waals surface area contributed by atoms with Crippen LogP contribution in [0.25, 0.3) is 16.7 Å². The number of H-pyrrole nitrogens is 1. The zero-order valence-electron chi connectivity index (χ0n) is 16.1.